The molecular formula is C26H21N2O6-. The molecule has 1 atom stereocenters. The minimum absolute atomic E-state index is 0.0315. The molecule has 3 aromatic rings. The van der Waals surface area contributed by atoms with E-state index in [2.05, 4.69) is 19.2 Å². The molecule has 2 aromatic carbocycles. The number of nitrogens with zero attached hydrogens (tertiary/aromatic N) is 1. The Morgan fingerprint density at radius 2 is 1.71 bits per heavy atom. The number of carboxylic acid groups (broad SMARTS) is 1. The summed E-state index contributed by atoms with van der Waals surface area (Å²) in [6.45, 7) is 4.16. The highest BCUT2D eigenvalue weighted by Crippen LogP contribution is 2.27. The number of amides is 4. The van der Waals surface area contributed by atoms with Crippen LogP contribution in [0.1, 0.15) is 47.9 Å². The summed E-state index contributed by atoms with van der Waals surface area (Å²) in [5.41, 5.74) is 1.81. The lowest BCUT2D eigenvalue weighted by molar-refractivity contribution is -0.255. The van der Waals surface area contributed by atoms with E-state index in [1.165, 1.54) is 18.2 Å². The molecule has 34 heavy (non-hydrogen) atoms. The van der Waals surface area contributed by atoms with Crippen LogP contribution in [0, 0.1) is 0 Å². The van der Waals surface area contributed by atoms with Crippen molar-refractivity contribution in [2.45, 2.75) is 26.2 Å². The molecule has 0 unspecified atom stereocenters. The normalized spacial score (nSPS) is 16.0. The number of barbiturate groups is 1. The first-order valence-electron chi connectivity index (χ1n) is 10.7. The number of urea groups is 1. The molecule has 0 saturated carbocycles. The molecule has 172 valence electrons. The predicted molar refractivity (Wildman–Crippen MR) is 123 cm³/mol. The van der Waals surface area contributed by atoms with Gasteiger partial charge in [-0.3, -0.25) is 14.9 Å². The maximum atomic E-state index is 13.1. The topological polar surface area (TPSA) is 120 Å². The highest BCUT2D eigenvalue weighted by atomic mass is 16.4. The van der Waals surface area contributed by atoms with Crippen LogP contribution < -0.4 is 15.3 Å². The van der Waals surface area contributed by atoms with Crippen LogP contribution in [0.3, 0.4) is 0 Å². The number of hydrogen-bond acceptors (Lipinski definition) is 6. The summed E-state index contributed by atoms with van der Waals surface area (Å²) in [5, 5.41) is 13.1. The molecule has 1 aliphatic rings. The second-order valence-corrected chi connectivity index (χ2v) is 7.93. The first kappa shape index (κ1) is 22.7. The molecule has 0 aliphatic carbocycles. The monoisotopic (exact) mass is 457 g/mol. The predicted octanol–water partition coefficient (Wildman–Crippen LogP) is 3.49. The van der Waals surface area contributed by atoms with E-state index in [0.717, 1.165) is 16.9 Å². The number of imide groups is 2. The van der Waals surface area contributed by atoms with Gasteiger partial charge in [-0.25, -0.2) is 9.69 Å². The lowest BCUT2D eigenvalue weighted by Crippen LogP contribution is -2.54. The number of carbonyl (C=O) groups excluding carboxylic acids is 4. The number of aromatic carboxylic acids is 1. The number of furan rings is 1. The van der Waals surface area contributed by atoms with Crippen molar-refractivity contribution in [1.82, 2.24) is 5.32 Å². The fourth-order valence-corrected chi connectivity index (χ4v) is 3.58. The molecule has 1 saturated heterocycles. The van der Waals surface area contributed by atoms with Gasteiger partial charge in [-0.15, -0.1) is 0 Å². The van der Waals surface area contributed by atoms with Gasteiger partial charge in [0.05, 0.1) is 11.7 Å². The number of nitrogens with one attached hydrogen (secondary N) is 1. The third-order valence-corrected chi connectivity index (χ3v) is 5.75. The molecular weight excluding hydrogens is 436 g/mol. The van der Waals surface area contributed by atoms with E-state index in [-0.39, 0.29) is 16.9 Å². The summed E-state index contributed by atoms with van der Waals surface area (Å²) in [4.78, 5) is 49.7. The standard InChI is InChI=1S/C26H22N2O6/c1-3-15(2)16-8-10-19(11-9-16)28-24(30)21(23(29)27-26(28)33)14-20-12-13-22(34-20)17-4-6-18(7-5-17)25(31)32/h4-15H,3H2,1-2H3,(H,31,32)(H,27,29,33)/p-1/b21-14-/t15-/m1/s1. The maximum absolute atomic E-state index is 13.1. The fraction of sp³-hybridized carbons (Fsp3) is 0.154. The van der Waals surface area contributed by atoms with Crippen LogP contribution >= 0.6 is 0 Å². The fourth-order valence-electron chi connectivity index (χ4n) is 3.58. The van der Waals surface area contributed by atoms with Gasteiger partial charge < -0.3 is 14.3 Å². The molecule has 4 rings (SSSR count). The van der Waals surface area contributed by atoms with Crippen molar-refractivity contribution in [2.75, 3.05) is 4.90 Å². The summed E-state index contributed by atoms with van der Waals surface area (Å²) in [6, 6.07) is 15.3. The first-order valence-corrected chi connectivity index (χ1v) is 10.7. The van der Waals surface area contributed by atoms with Gasteiger partial charge in [0, 0.05) is 5.56 Å². The zero-order valence-corrected chi connectivity index (χ0v) is 18.5. The number of rotatable bonds is 6. The quantitative estimate of drug-likeness (QED) is 0.447. The molecule has 1 aliphatic heterocycles. The van der Waals surface area contributed by atoms with Crippen molar-refractivity contribution >= 4 is 35.6 Å². The van der Waals surface area contributed by atoms with E-state index in [1.54, 1.807) is 36.4 Å². The van der Waals surface area contributed by atoms with Gasteiger partial charge in [0.1, 0.15) is 17.1 Å². The van der Waals surface area contributed by atoms with Crippen molar-refractivity contribution in [2.24, 2.45) is 0 Å². The van der Waals surface area contributed by atoms with Gasteiger partial charge in [0.25, 0.3) is 11.8 Å². The first-order chi connectivity index (χ1) is 16.3. The van der Waals surface area contributed by atoms with Crippen molar-refractivity contribution in [3.05, 3.63) is 83.1 Å². The lowest BCUT2D eigenvalue weighted by Gasteiger charge is -2.26. The van der Waals surface area contributed by atoms with Gasteiger partial charge in [-0.1, -0.05) is 50.2 Å². The molecule has 2 heterocycles. The molecule has 0 radical (unpaired) electrons. The summed E-state index contributed by atoms with van der Waals surface area (Å²) in [5.74, 6) is -1.90. The molecule has 1 aromatic heterocycles. The Kier molecular flexibility index (Phi) is 6.14. The second-order valence-electron chi connectivity index (χ2n) is 7.93. The van der Waals surface area contributed by atoms with Crippen LogP contribution in [0.5, 0.6) is 0 Å². The van der Waals surface area contributed by atoms with Crippen molar-refractivity contribution in [3.63, 3.8) is 0 Å². The Bertz CT molecular complexity index is 1300. The van der Waals surface area contributed by atoms with Crippen molar-refractivity contribution in [1.29, 1.82) is 0 Å². The Morgan fingerprint density at radius 3 is 2.32 bits per heavy atom. The van der Waals surface area contributed by atoms with E-state index in [9.17, 15) is 24.3 Å². The van der Waals surface area contributed by atoms with E-state index in [1.807, 2.05) is 12.1 Å². The van der Waals surface area contributed by atoms with Gasteiger partial charge in [-0.05, 0) is 53.8 Å². The summed E-state index contributed by atoms with van der Waals surface area (Å²) < 4.78 is 5.72. The van der Waals surface area contributed by atoms with Crippen LogP contribution in [0.25, 0.3) is 17.4 Å². The number of carboxylic acids is 1. The third kappa shape index (κ3) is 4.38. The smallest absolute Gasteiger partial charge is 0.335 e. The number of benzene rings is 2. The zero-order valence-electron chi connectivity index (χ0n) is 18.5. The molecule has 8 nitrogen and oxygen atoms in total. The average Bonchev–Trinajstić information content (AvgIpc) is 3.30. The SMILES string of the molecule is CC[C@@H](C)c1ccc(N2C(=O)NC(=O)/C(=C/c3ccc(-c4ccc(C(=O)[O-])cc4)o3)C2=O)cc1. The highest BCUT2D eigenvalue weighted by Gasteiger charge is 2.37. The molecule has 4 amide bonds. The Hall–Kier alpha value is -4.46. The Balaban J connectivity index is 1.60. The summed E-state index contributed by atoms with van der Waals surface area (Å²) in [6.07, 6.45) is 2.22. The van der Waals surface area contributed by atoms with Crippen LogP contribution in [0.4, 0.5) is 10.5 Å². The van der Waals surface area contributed by atoms with E-state index in [0.29, 0.717) is 22.9 Å². The highest BCUT2D eigenvalue weighted by molar-refractivity contribution is 6.39. The third-order valence-electron chi connectivity index (χ3n) is 5.75. The molecule has 8 heteroatoms. The number of anilines is 1. The second kappa shape index (κ2) is 9.19. The number of carbonyl (C=O) groups is 4. The Labute approximate surface area is 195 Å². The molecule has 1 fully saturated rings. The zero-order chi connectivity index (χ0) is 24.4. The van der Waals surface area contributed by atoms with Crippen molar-refractivity contribution < 1.29 is 28.7 Å². The van der Waals surface area contributed by atoms with Crippen LogP contribution in [-0.2, 0) is 9.59 Å². The number of hydrogen-bond donors (Lipinski definition) is 1. The summed E-state index contributed by atoms with van der Waals surface area (Å²) in [7, 11) is 0. The van der Waals surface area contributed by atoms with Gasteiger partial charge >= 0.3 is 6.03 Å². The average molecular weight is 457 g/mol. The minimum Gasteiger partial charge on any atom is -0.545 e. The van der Waals surface area contributed by atoms with Crippen LogP contribution in [0.15, 0.2) is 70.7 Å². The van der Waals surface area contributed by atoms with E-state index in [4.69, 9.17) is 4.42 Å². The Morgan fingerprint density at radius 1 is 1.03 bits per heavy atom. The largest absolute Gasteiger partial charge is 0.545 e. The van der Waals surface area contributed by atoms with Crippen LogP contribution in [0.2, 0.25) is 0 Å². The molecule has 0 bridgehead atoms. The summed E-state index contributed by atoms with van der Waals surface area (Å²) >= 11 is 0. The minimum atomic E-state index is -1.29. The van der Waals surface area contributed by atoms with Gasteiger partial charge in [-0.2, -0.15) is 0 Å². The molecule has 1 N–H and O–H groups in total. The van der Waals surface area contributed by atoms with Crippen molar-refractivity contribution in [3.8, 4) is 11.3 Å². The lowest BCUT2D eigenvalue weighted by atomic mass is 9.98. The van der Waals surface area contributed by atoms with E-state index >= 15 is 0 Å². The molecule has 0 spiro atoms. The van der Waals surface area contributed by atoms with E-state index < -0.39 is 23.8 Å². The van der Waals surface area contributed by atoms with Gasteiger partial charge in [0.15, 0.2) is 0 Å². The maximum Gasteiger partial charge on any atom is 0.335 e. The van der Waals surface area contributed by atoms with Gasteiger partial charge in [0.2, 0.25) is 0 Å². The van der Waals surface area contributed by atoms with Crippen LogP contribution in [-0.4, -0.2) is 23.8 Å².